The Labute approximate surface area is 128 Å². The molecule has 116 valence electrons. The van der Waals surface area contributed by atoms with Crippen molar-refractivity contribution < 1.29 is 18.7 Å². The van der Waals surface area contributed by atoms with E-state index in [4.69, 9.17) is 13.9 Å². The average Bonchev–Trinajstić information content (AvgIpc) is 3.09. The average molecular weight is 302 g/mol. The van der Waals surface area contributed by atoms with Crippen LogP contribution in [0, 0.1) is 13.8 Å². The Bertz CT molecular complexity index is 675. The third kappa shape index (κ3) is 3.28. The number of carbonyl (C=O) groups is 1. The molecule has 3 heterocycles. The number of pyridine rings is 1. The monoisotopic (exact) mass is 302 g/mol. The number of carbonyl (C=O) groups excluding carboxylic acids is 1. The van der Waals surface area contributed by atoms with Gasteiger partial charge in [-0.05, 0) is 26.0 Å². The number of aromatic nitrogens is 1. The van der Waals surface area contributed by atoms with Gasteiger partial charge in [-0.15, -0.1) is 0 Å². The molecule has 1 saturated heterocycles. The highest BCUT2D eigenvalue weighted by atomic mass is 16.5. The van der Waals surface area contributed by atoms with Crippen LogP contribution in [0.5, 0.6) is 5.88 Å². The minimum absolute atomic E-state index is 0.0252. The Morgan fingerprint density at radius 3 is 2.95 bits per heavy atom. The third-order valence-corrected chi connectivity index (χ3v) is 3.45. The van der Waals surface area contributed by atoms with Crippen molar-refractivity contribution in [2.24, 2.45) is 0 Å². The number of furan rings is 1. The van der Waals surface area contributed by atoms with Crippen molar-refractivity contribution in [2.75, 3.05) is 18.5 Å². The Balaban J connectivity index is 1.69. The molecule has 0 spiro atoms. The van der Waals surface area contributed by atoms with Crippen LogP contribution in [-0.4, -0.2) is 30.2 Å². The SMILES string of the molecule is Cc1cc(C(=O)Nc2ccnc(O[C@@H]3CCOC3)c2)c(C)o1. The number of ether oxygens (including phenoxy) is 2. The highest BCUT2D eigenvalue weighted by Crippen LogP contribution is 2.20. The molecule has 6 heteroatoms. The van der Waals surface area contributed by atoms with Crippen molar-refractivity contribution >= 4 is 11.6 Å². The standard InChI is InChI=1S/C16H18N2O4/c1-10-7-14(11(2)21-10)16(19)18-12-3-5-17-15(8-12)22-13-4-6-20-9-13/h3,5,7-8,13H,4,6,9H2,1-2H3,(H,17,18,19)/t13-/m1/s1. The molecule has 1 aliphatic heterocycles. The number of amides is 1. The summed E-state index contributed by atoms with van der Waals surface area (Å²) in [6.07, 6.45) is 2.48. The van der Waals surface area contributed by atoms with Crippen LogP contribution in [0.4, 0.5) is 5.69 Å². The summed E-state index contributed by atoms with van der Waals surface area (Å²) in [5.41, 5.74) is 1.16. The van der Waals surface area contributed by atoms with Gasteiger partial charge in [0.1, 0.15) is 17.6 Å². The first-order valence-electron chi connectivity index (χ1n) is 7.20. The summed E-state index contributed by atoms with van der Waals surface area (Å²) in [6.45, 7) is 4.86. The second-order valence-corrected chi connectivity index (χ2v) is 5.27. The second kappa shape index (κ2) is 6.19. The van der Waals surface area contributed by atoms with Crippen molar-refractivity contribution in [3.8, 4) is 5.88 Å². The van der Waals surface area contributed by atoms with Gasteiger partial charge in [-0.1, -0.05) is 0 Å². The Morgan fingerprint density at radius 2 is 2.27 bits per heavy atom. The molecule has 0 saturated carbocycles. The number of hydrogen-bond donors (Lipinski definition) is 1. The number of anilines is 1. The van der Waals surface area contributed by atoms with E-state index in [1.54, 1.807) is 31.3 Å². The molecule has 1 atom stereocenters. The van der Waals surface area contributed by atoms with Gasteiger partial charge in [0.25, 0.3) is 5.91 Å². The molecule has 22 heavy (non-hydrogen) atoms. The smallest absolute Gasteiger partial charge is 0.259 e. The van der Waals surface area contributed by atoms with Crippen molar-refractivity contribution in [2.45, 2.75) is 26.4 Å². The quantitative estimate of drug-likeness (QED) is 0.940. The molecular weight excluding hydrogens is 284 g/mol. The summed E-state index contributed by atoms with van der Waals surface area (Å²) in [5, 5.41) is 2.83. The van der Waals surface area contributed by atoms with E-state index in [1.165, 1.54) is 0 Å². The van der Waals surface area contributed by atoms with Gasteiger partial charge in [-0.2, -0.15) is 0 Å². The van der Waals surface area contributed by atoms with E-state index >= 15 is 0 Å². The van der Waals surface area contributed by atoms with E-state index in [0.29, 0.717) is 41.9 Å². The van der Waals surface area contributed by atoms with Crippen LogP contribution >= 0.6 is 0 Å². The van der Waals surface area contributed by atoms with E-state index in [1.807, 2.05) is 6.92 Å². The van der Waals surface area contributed by atoms with E-state index in [-0.39, 0.29) is 12.0 Å². The zero-order valence-corrected chi connectivity index (χ0v) is 12.6. The first-order valence-corrected chi connectivity index (χ1v) is 7.20. The molecule has 0 aliphatic carbocycles. The second-order valence-electron chi connectivity index (χ2n) is 5.27. The lowest BCUT2D eigenvalue weighted by molar-refractivity contribution is 0.102. The van der Waals surface area contributed by atoms with Crippen molar-refractivity contribution in [1.82, 2.24) is 4.98 Å². The first kappa shape index (κ1) is 14.6. The van der Waals surface area contributed by atoms with Crippen LogP contribution in [0.2, 0.25) is 0 Å². The minimum Gasteiger partial charge on any atom is -0.472 e. The zero-order valence-electron chi connectivity index (χ0n) is 12.6. The van der Waals surface area contributed by atoms with Crippen molar-refractivity contribution in [3.63, 3.8) is 0 Å². The first-order chi connectivity index (χ1) is 10.6. The highest BCUT2D eigenvalue weighted by molar-refractivity contribution is 6.05. The molecule has 2 aromatic heterocycles. The van der Waals surface area contributed by atoms with E-state index < -0.39 is 0 Å². The molecule has 2 aromatic rings. The lowest BCUT2D eigenvalue weighted by Crippen LogP contribution is -2.17. The lowest BCUT2D eigenvalue weighted by atomic mass is 10.2. The molecular formula is C16H18N2O4. The fraction of sp³-hybridized carbons (Fsp3) is 0.375. The third-order valence-electron chi connectivity index (χ3n) is 3.45. The van der Waals surface area contributed by atoms with Crippen LogP contribution in [0.3, 0.4) is 0 Å². The van der Waals surface area contributed by atoms with Crippen LogP contribution in [-0.2, 0) is 4.74 Å². The van der Waals surface area contributed by atoms with Crippen molar-refractivity contribution in [3.05, 3.63) is 41.5 Å². The van der Waals surface area contributed by atoms with Gasteiger partial charge in [-0.3, -0.25) is 4.79 Å². The molecule has 6 nitrogen and oxygen atoms in total. The number of nitrogens with zero attached hydrogens (tertiary/aromatic N) is 1. The molecule has 1 aliphatic rings. The van der Waals surface area contributed by atoms with Gasteiger partial charge in [0.2, 0.25) is 5.88 Å². The fourth-order valence-electron chi connectivity index (χ4n) is 2.38. The van der Waals surface area contributed by atoms with Crippen LogP contribution in [0.15, 0.2) is 28.8 Å². The maximum Gasteiger partial charge on any atom is 0.259 e. The molecule has 3 rings (SSSR count). The molecule has 1 fully saturated rings. The zero-order chi connectivity index (χ0) is 15.5. The van der Waals surface area contributed by atoms with Crippen LogP contribution in [0.25, 0.3) is 0 Å². The summed E-state index contributed by atoms with van der Waals surface area (Å²) < 4.78 is 16.4. The topological polar surface area (TPSA) is 73.6 Å². The number of nitrogens with one attached hydrogen (secondary N) is 1. The van der Waals surface area contributed by atoms with Gasteiger partial charge in [0.05, 0.1) is 18.8 Å². The predicted octanol–water partition coefficient (Wildman–Crippen LogP) is 2.71. The predicted molar refractivity (Wildman–Crippen MR) is 80.2 cm³/mol. The fourth-order valence-corrected chi connectivity index (χ4v) is 2.38. The molecule has 1 N–H and O–H groups in total. The van der Waals surface area contributed by atoms with Gasteiger partial charge in [-0.25, -0.2) is 4.98 Å². The normalized spacial score (nSPS) is 17.5. The highest BCUT2D eigenvalue weighted by Gasteiger charge is 2.18. The van der Waals surface area contributed by atoms with E-state index in [2.05, 4.69) is 10.3 Å². The van der Waals surface area contributed by atoms with Gasteiger partial charge in [0.15, 0.2) is 0 Å². The summed E-state index contributed by atoms with van der Waals surface area (Å²) >= 11 is 0. The Kier molecular flexibility index (Phi) is 4.11. The summed E-state index contributed by atoms with van der Waals surface area (Å²) in [4.78, 5) is 16.4. The maximum atomic E-state index is 12.3. The molecule has 1 amide bonds. The lowest BCUT2D eigenvalue weighted by Gasteiger charge is -2.11. The number of hydrogen-bond acceptors (Lipinski definition) is 5. The largest absolute Gasteiger partial charge is 0.472 e. The van der Waals surface area contributed by atoms with Crippen LogP contribution < -0.4 is 10.1 Å². The Morgan fingerprint density at radius 1 is 1.41 bits per heavy atom. The molecule has 0 unspecified atom stereocenters. The number of aryl methyl sites for hydroxylation is 2. The molecule has 0 aromatic carbocycles. The van der Waals surface area contributed by atoms with Gasteiger partial charge >= 0.3 is 0 Å². The molecule has 0 radical (unpaired) electrons. The van der Waals surface area contributed by atoms with Crippen molar-refractivity contribution in [1.29, 1.82) is 0 Å². The van der Waals surface area contributed by atoms with E-state index in [0.717, 1.165) is 6.42 Å². The summed E-state index contributed by atoms with van der Waals surface area (Å²) in [6, 6.07) is 5.15. The maximum absolute atomic E-state index is 12.3. The van der Waals surface area contributed by atoms with Gasteiger partial charge in [0, 0.05) is 24.4 Å². The Hall–Kier alpha value is -2.34. The van der Waals surface area contributed by atoms with E-state index in [9.17, 15) is 4.79 Å². The summed E-state index contributed by atoms with van der Waals surface area (Å²) in [5.74, 6) is 1.58. The molecule has 0 bridgehead atoms. The van der Waals surface area contributed by atoms with Gasteiger partial charge < -0.3 is 19.2 Å². The summed E-state index contributed by atoms with van der Waals surface area (Å²) in [7, 11) is 0. The number of rotatable bonds is 4. The van der Waals surface area contributed by atoms with Crippen LogP contribution in [0.1, 0.15) is 28.3 Å². The minimum atomic E-state index is -0.212.